The van der Waals surface area contributed by atoms with E-state index in [2.05, 4.69) is 5.32 Å². The number of aliphatic hydroxyl groups excluding tert-OH is 1. The predicted octanol–water partition coefficient (Wildman–Crippen LogP) is 2.13. The molecule has 5 N–H and O–H groups in total. The lowest BCUT2D eigenvalue weighted by Crippen LogP contribution is -2.16. The van der Waals surface area contributed by atoms with E-state index in [1.165, 1.54) is 12.1 Å². The molecule has 0 radical (unpaired) electrons. The van der Waals surface area contributed by atoms with Gasteiger partial charge < -0.3 is 25.7 Å². The average Bonchev–Trinajstić information content (AvgIpc) is 2.57. The van der Waals surface area contributed by atoms with Crippen molar-refractivity contribution in [3.05, 3.63) is 65.7 Å². The molecule has 1 atom stereocenters. The minimum Gasteiger partial charge on any atom is -0.504 e. The molecule has 2 rings (SSSR count). The van der Waals surface area contributed by atoms with Gasteiger partial charge in [-0.1, -0.05) is 36.4 Å². The molecule has 0 fully saturated rings. The van der Waals surface area contributed by atoms with Crippen molar-refractivity contribution in [3.8, 4) is 11.5 Å². The van der Waals surface area contributed by atoms with Crippen LogP contribution in [0, 0.1) is 0 Å². The third kappa shape index (κ3) is 6.95. The van der Waals surface area contributed by atoms with Crippen LogP contribution in [0.25, 0.3) is 6.08 Å². The molecule has 6 nitrogen and oxygen atoms in total. The number of aliphatic hydroxyl groups is 1. The quantitative estimate of drug-likeness (QED) is 0.424. The first kappa shape index (κ1) is 19.2. The molecule has 2 aromatic rings. The average molecular weight is 331 g/mol. The maximum absolute atomic E-state index is 10.1. The van der Waals surface area contributed by atoms with Crippen molar-refractivity contribution in [1.82, 2.24) is 5.32 Å². The highest BCUT2D eigenvalue weighted by atomic mass is 16.4. The first-order valence-electron chi connectivity index (χ1n) is 7.24. The lowest BCUT2D eigenvalue weighted by molar-refractivity contribution is -0.131. The highest BCUT2D eigenvalue weighted by Crippen LogP contribution is 2.27. The van der Waals surface area contributed by atoms with Crippen molar-refractivity contribution < 1.29 is 25.2 Å². The monoisotopic (exact) mass is 331 g/mol. The van der Waals surface area contributed by atoms with Crippen LogP contribution in [0.4, 0.5) is 0 Å². The number of hydrogen-bond donors (Lipinski definition) is 5. The van der Waals surface area contributed by atoms with Crippen LogP contribution in [-0.2, 0) is 4.79 Å². The number of likely N-dealkylation sites (N-methyl/N-ethyl adjacent to an activating group) is 1. The van der Waals surface area contributed by atoms with Crippen LogP contribution in [0.5, 0.6) is 11.5 Å². The van der Waals surface area contributed by atoms with Crippen molar-refractivity contribution in [2.45, 2.75) is 6.10 Å². The smallest absolute Gasteiger partial charge is 0.328 e. The fourth-order valence-electron chi connectivity index (χ4n) is 1.79. The van der Waals surface area contributed by atoms with Crippen LogP contribution in [0.1, 0.15) is 17.2 Å². The fourth-order valence-corrected chi connectivity index (χ4v) is 1.79. The van der Waals surface area contributed by atoms with Gasteiger partial charge in [0.15, 0.2) is 11.5 Å². The van der Waals surface area contributed by atoms with Crippen LogP contribution in [0.15, 0.2) is 54.6 Å². The number of nitrogens with one attached hydrogen (secondary N) is 1. The summed E-state index contributed by atoms with van der Waals surface area (Å²) in [5, 5.41) is 38.7. The largest absolute Gasteiger partial charge is 0.504 e. The number of phenolic OH excluding ortho intramolecular Hbond substituents is 2. The molecule has 128 valence electrons. The molecule has 0 unspecified atom stereocenters. The van der Waals surface area contributed by atoms with E-state index in [1.807, 2.05) is 30.3 Å². The second-order valence-corrected chi connectivity index (χ2v) is 4.90. The maximum Gasteiger partial charge on any atom is 0.328 e. The van der Waals surface area contributed by atoms with Gasteiger partial charge in [0, 0.05) is 12.6 Å². The minimum atomic E-state index is -0.922. The number of benzene rings is 2. The molecule has 0 bridgehead atoms. The van der Waals surface area contributed by atoms with E-state index in [1.54, 1.807) is 19.2 Å². The molecule has 0 aliphatic rings. The van der Waals surface area contributed by atoms with Crippen LogP contribution in [0.3, 0.4) is 0 Å². The molecule has 24 heavy (non-hydrogen) atoms. The predicted molar refractivity (Wildman–Crippen MR) is 91.8 cm³/mol. The Labute approximate surface area is 140 Å². The lowest BCUT2D eigenvalue weighted by Gasteiger charge is -2.10. The van der Waals surface area contributed by atoms with E-state index in [0.29, 0.717) is 12.1 Å². The van der Waals surface area contributed by atoms with Gasteiger partial charge in [-0.15, -0.1) is 0 Å². The normalized spacial score (nSPS) is 11.6. The van der Waals surface area contributed by atoms with Gasteiger partial charge in [-0.25, -0.2) is 4.79 Å². The molecular weight excluding hydrogens is 310 g/mol. The number of aliphatic carboxylic acids is 1. The van der Waals surface area contributed by atoms with Crippen LogP contribution in [0.2, 0.25) is 0 Å². The number of carboxylic acids is 1. The Hall–Kier alpha value is -2.83. The number of carboxylic acid groups (broad SMARTS) is 1. The van der Waals surface area contributed by atoms with Crippen molar-refractivity contribution >= 4 is 12.0 Å². The van der Waals surface area contributed by atoms with Gasteiger partial charge in [0.2, 0.25) is 0 Å². The summed E-state index contributed by atoms with van der Waals surface area (Å²) >= 11 is 0. The number of carbonyl (C=O) groups is 1. The van der Waals surface area contributed by atoms with Crippen molar-refractivity contribution in [2.75, 3.05) is 13.6 Å². The summed E-state index contributed by atoms with van der Waals surface area (Å²) in [6.45, 7) is 0.407. The topological polar surface area (TPSA) is 110 Å². The highest BCUT2D eigenvalue weighted by Gasteiger charge is 2.08. The van der Waals surface area contributed by atoms with E-state index in [4.69, 9.17) is 15.3 Å². The molecule has 0 saturated heterocycles. The Morgan fingerprint density at radius 3 is 2.33 bits per heavy atom. The Kier molecular flexibility index (Phi) is 8.04. The second kappa shape index (κ2) is 10.0. The van der Waals surface area contributed by atoms with E-state index in [-0.39, 0.29) is 11.5 Å². The molecule has 0 saturated carbocycles. The standard InChI is InChI=1S/C9H13NO3.C9H8O2/c1-10-5-9(13)6-2-3-7(11)8(12)4-6;10-9(11)7-6-8-4-2-1-3-5-8/h2-4,9-13H,5H2,1H3;1-7H,(H,10,11)/t9-;/m0./s1. The van der Waals surface area contributed by atoms with Gasteiger partial charge in [-0.05, 0) is 36.4 Å². The fraction of sp³-hybridized carbons (Fsp3) is 0.167. The minimum absolute atomic E-state index is 0.180. The zero-order chi connectivity index (χ0) is 17.9. The summed E-state index contributed by atoms with van der Waals surface area (Å²) in [7, 11) is 1.73. The number of phenols is 2. The molecule has 0 amide bonds. The molecule has 6 heteroatoms. The molecule has 2 aromatic carbocycles. The molecule has 0 heterocycles. The first-order chi connectivity index (χ1) is 11.4. The summed E-state index contributed by atoms with van der Waals surface area (Å²) in [5.74, 6) is -1.32. The van der Waals surface area contributed by atoms with Gasteiger partial charge >= 0.3 is 5.97 Å². The molecular formula is C18H21NO5. The van der Waals surface area contributed by atoms with Crippen molar-refractivity contribution in [2.24, 2.45) is 0 Å². The van der Waals surface area contributed by atoms with Gasteiger partial charge in [-0.3, -0.25) is 0 Å². The third-order valence-electron chi connectivity index (χ3n) is 3.00. The van der Waals surface area contributed by atoms with Crippen molar-refractivity contribution in [1.29, 1.82) is 0 Å². The van der Waals surface area contributed by atoms with Gasteiger partial charge in [0.25, 0.3) is 0 Å². The van der Waals surface area contributed by atoms with Gasteiger partial charge in [0.05, 0.1) is 6.10 Å². The van der Waals surface area contributed by atoms with Crippen LogP contribution < -0.4 is 5.32 Å². The number of rotatable bonds is 5. The van der Waals surface area contributed by atoms with Gasteiger partial charge in [-0.2, -0.15) is 0 Å². The second-order valence-electron chi connectivity index (χ2n) is 4.90. The summed E-state index contributed by atoms with van der Waals surface area (Å²) in [4.78, 5) is 10.1. The zero-order valence-electron chi connectivity index (χ0n) is 13.3. The zero-order valence-corrected chi connectivity index (χ0v) is 13.3. The van der Waals surface area contributed by atoms with E-state index in [9.17, 15) is 9.90 Å². The molecule has 0 aromatic heterocycles. The van der Waals surface area contributed by atoms with Crippen LogP contribution in [-0.4, -0.2) is 40.0 Å². The lowest BCUT2D eigenvalue weighted by atomic mass is 10.1. The summed E-state index contributed by atoms with van der Waals surface area (Å²) < 4.78 is 0. The number of hydrogen-bond acceptors (Lipinski definition) is 5. The van der Waals surface area contributed by atoms with Crippen LogP contribution >= 0.6 is 0 Å². The summed E-state index contributed by atoms with van der Waals surface area (Å²) in [6, 6.07) is 13.6. The Morgan fingerprint density at radius 1 is 1.12 bits per heavy atom. The van der Waals surface area contributed by atoms with E-state index < -0.39 is 12.1 Å². The molecule has 0 aliphatic heterocycles. The summed E-state index contributed by atoms with van der Waals surface area (Å²) in [5.41, 5.74) is 1.47. The highest BCUT2D eigenvalue weighted by molar-refractivity contribution is 5.85. The molecule has 0 spiro atoms. The Bertz CT molecular complexity index is 670. The number of aromatic hydroxyl groups is 2. The van der Waals surface area contributed by atoms with E-state index in [0.717, 1.165) is 11.6 Å². The van der Waals surface area contributed by atoms with E-state index >= 15 is 0 Å². The third-order valence-corrected chi connectivity index (χ3v) is 3.00. The SMILES string of the molecule is CNC[C@H](O)c1ccc(O)c(O)c1.O=C(O)C=Cc1ccccc1. The first-order valence-corrected chi connectivity index (χ1v) is 7.24. The Balaban J connectivity index is 0.000000243. The van der Waals surface area contributed by atoms with Crippen molar-refractivity contribution in [3.63, 3.8) is 0 Å². The maximum atomic E-state index is 10.1. The molecule has 0 aliphatic carbocycles. The van der Waals surface area contributed by atoms with Gasteiger partial charge in [0.1, 0.15) is 0 Å². The summed E-state index contributed by atoms with van der Waals surface area (Å²) in [6.07, 6.45) is 2.01. The Morgan fingerprint density at radius 2 is 1.79 bits per heavy atom.